The van der Waals surface area contributed by atoms with Gasteiger partial charge in [0.2, 0.25) is 0 Å². The van der Waals surface area contributed by atoms with E-state index in [4.69, 9.17) is 9.47 Å². The Morgan fingerprint density at radius 1 is 1.32 bits per heavy atom. The van der Waals surface area contributed by atoms with Crippen LogP contribution in [0.5, 0.6) is 0 Å². The molecule has 31 heavy (non-hydrogen) atoms. The van der Waals surface area contributed by atoms with Crippen LogP contribution in [0.1, 0.15) is 66.6 Å². The summed E-state index contributed by atoms with van der Waals surface area (Å²) >= 11 is 0. The van der Waals surface area contributed by atoms with Gasteiger partial charge < -0.3 is 9.47 Å². The number of aryl methyl sites for hydroxylation is 1. The number of carbonyl (C=O) groups excluding carboxylic acids is 1. The van der Waals surface area contributed by atoms with Crippen LogP contribution in [-0.4, -0.2) is 33.5 Å². The molecule has 0 spiro atoms. The third kappa shape index (κ3) is 5.45. The van der Waals surface area contributed by atoms with E-state index in [1.54, 1.807) is 34.6 Å². The van der Waals surface area contributed by atoms with Crippen LogP contribution in [0.3, 0.4) is 0 Å². The fourth-order valence-corrected chi connectivity index (χ4v) is 5.60. The molecule has 2 heterocycles. The van der Waals surface area contributed by atoms with Crippen LogP contribution >= 0.6 is 21.6 Å². The summed E-state index contributed by atoms with van der Waals surface area (Å²) in [5, 5.41) is 0.144. The number of hydrogen-bond donors (Lipinski definition) is 1. The van der Waals surface area contributed by atoms with Gasteiger partial charge in [0.15, 0.2) is 0 Å². The minimum atomic E-state index is -0.600. The smallest absolute Gasteiger partial charge is 0.338 e. The molecule has 0 saturated carbocycles. The lowest BCUT2D eigenvalue weighted by molar-refractivity contribution is -0.0310. The molecule has 1 aliphatic rings. The molecule has 168 valence electrons. The predicted octanol–water partition coefficient (Wildman–Crippen LogP) is 4.23. The number of aromatic nitrogens is 2. The maximum atomic E-state index is 13.1. The van der Waals surface area contributed by atoms with E-state index in [0.717, 1.165) is 11.3 Å². The molecule has 1 N–H and O–H groups in total. The molecule has 1 aliphatic heterocycles. The van der Waals surface area contributed by atoms with Gasteiger partial charge in [-0.1, -0.05) is 53.6 Å². The Kier molecular flexibility index (Phi) is 8.07. The van der Waals surface area contributed by atoms with E-state index >= 15 is 0 Å². The summed E-state index contributed by atoms with van der Waals surface area (Å²) in [5.74, 6) is 0.603. The first-order valence-electron chi connectivity index (χ1n) is 10.4. The second-order valence-corrected chi connectivity index (χ2v) is 10.4. The summed E-state index contributed by atoms with van der Waals surface area (Å²) in [6, 6.07) is 7.50. The first kappa shape index (κ1) is 23.7. The topological polar surface area (TPSA) is 90.4 Å². The third-order valence-electron chi connectivity index (χ3n) is 5.25. The summed E-state index contributed by atoms with van der Waals surface area (Å²) in [5.41, 5.74) is 0.956. The summed E-state index contributed by atoms with van der Waals surface area (Å²) in [4.78, 5) is 39.3. The van der Waals surface area contributed by atoms with Gasteiger partial charge in [0, 0.05) is 29.2 Å². The van der Waals surface area contributed by atoms with Gasteiger partial charge in [-0.15, -0.1) is 0 Å². The van der Waals surface area contributed by atoms with Crippen LogP contribution < -0.4 is 11.2 Å². The molecular weight excluding hydrogens is 436 g/mol. The second kappa shape index (κ2) is 10.6. The van der Waals surface area contributed by atoms with Crippen molar-refractivity contribution in [2.24, 2.45) is 0 Å². The van der Waals surface area contributed by atoms with E-state index in [2.05, 4.69) is 18.8 Å². The van der Waals surface area contributed by atoms with Crippen molar-refractivity contribution in [3.8, 4) is 0 Å². The molecule has 1 fully saturated rings. The monoisotopic (exact) mass is 464 g/mol. The van der Waals surface area contributed by atoms with E-state index in [0.29, 0.717) is 24.0 Å². The fraction of sp³-hybridized carbons (Fsp3) is 0.500. The predicted molar refractivity (Wildman–Crippen MR) is 125 cm³/mol. The molecular formula is C22H28N2O5S2. The zero-order valence-corrected chi connectivity index (χ0v) is 19.8. The van der Waals surface area contributed by atoms with Crippen molar-refractivity contribution >= 4 is 27.6 Å². The Bertz CT molecular complexity index is 1040. The molecule has 1 saturated heterocycles. The van der Waals surface area contributed by atoms with Gasteiger partial charge in [-0.25, -0.2) is 9.59 Å². The Labute approximate surface area is 189 Å². The van der Waals surface area contributed by atoms with E-state index in [1.165, 1.54) is 10.8 Å². The third-order valence-corrected chi connectivity index (χ3v) is 8.14. The van der Waals surface area contributed by atoms with Crippen molar-refractivity contribution in [1.29, 1.82) is 0 Å². The van der Waals surface area contributed by atoms with Gasteiger partial charge in [0.1, 0.15) is 12.3 Å². The number of benzene rings is 1. The number of hydrogen-bond acceptors (Lipinski definition) is 7. The summed E-state index contributed by atoms with van der Waals surface area (Å²) in [7, 11) is 3.48. The van der Waals surface area contributed by atoms with Gasteiger partial charge >= 0.3 is 11.7 Å². The number of nitrogens with one attached hydrogen (secondary N) is 1. The first-order chi connectivity index (χ1) is 14.8. The number of aromatic amines is 1. The summed E-state index contributed by atoms with van der Waals surface area (Å²) in [6.45, 7) is 7.75. The van der Waals surface area contributed by atoms with Crippen molar-refractivity contribution < 1.29 is 14.3 Å². The van der Waals surface area contributed by atoms with E-state index in [1.807, 2.05) is 25.1 Å². The lowest BCUT2D eigenvalue weighted by Gasteiger charge is -2.19. The van der Waals surface area contributed by atoms with E-state index in [-0.39, 0.29) is 17.3 Å². The maximum absolute atomic E-state index is 13.1. The van der Waals surface area contributed by atoms with Gasteiger partial charge in [0.25, 0.3) is 5.56 Å². The maximum Gasteiger partial charge on any atom is 0.338 e. The highest BCUT2D eigenvalue weighted by molar-refractivity contribution is 8.76. The minimum absolute atomic E-state index is 0.144. The average molecular weight is 465 g/mol. The molecule has 2 aromatic rings. The van der Waals surface area contributed by atoms with Crippen molar-refractivity contribution in [2.45, 2.75) is 64.2 Å². The average Bonchev–Trinajstić information content (AvgIpc) is 3.16. The van der Waals surface area contributed by atoms with Crippen LogP contribution in [0, 0.1) is 6.92 Å². The first-order valence-corrected chi connectivity index (χ1v) is 12.8. The number of esters is 1. The van der Waals surface area contributed by atoms with Gasteiger partial charge in [-0.2, -0.15) is 0 Å². The van der Waals surface area contributed by atoms with Crippen LogP contribution in [0.15, 0.2) is 40.1 Å². The zero-order valence-electron chi connectivity index (χ0n) is 18.1. The highest BCUT2D eigenvalue weighted by atomic mass is 33.1. The van der Waals surface area contributed by atoms with Crippen LogP contribution in [-0.2, 0) is 9.47 Å². The Hall–Kier alpha value is -1.97. The van der Waals surface area contributed by atoms with Crippen LogP contribution in [0.25, 0.3) is 0 Å². The largest absolute Gasteiger partial charge is 0.456 e. The highest BCUT2D eigenvalue weighted by Gasteiger charge is 2.38. The molecule has 0 amide bonds. The van der Waals surface area contributed by atoms with Gasteiger partial charge in [-0.05, 0) is 31.9 Å². The second-order valence-electron chi connectivity index (χ2n) is 7.43. The summed E-state index contributed by atoms with van der Waals surface area (Å²) in [6.07, 6.45) is 1.05. The van der Waals surface area contributed by atoms with Gasteiger partial charge in [0.05, 0.1) is 11.7 Å². The van der Waals surface area contributed by atoms with Crippen LogP contribution in [0.2, 0.25) is 0 Å². The molecule has 4 atom stereocenters. The normalized spacial score (nSPS) is 21.7. The number of H-pyrrole nitrogens is 1. The minimum Gasteiger partial charge on any atom is -0.456 e. The highest BCUT2D eigenvalue weighted by Crippen LogP contribution is 2.39. The van der Waals surface area contributed by atoms with Crippen molar-refractivity contribution in [3.63, 3.8) is 0 Å². The molecule has 3 rings (SSSR count). The standard InChI is InChI=1S/C22H28N2O5S2/c1-5-17-18(11-19(28-17)24-12-13(3)20(25)23-22(24)27)29-21(26)16-10-8-7-9-15(16)14(4)31-30-6-2/h7-10,12,14,17-19H,5-6,11H2,1-4H3,(H,23,25,27)/t14?,17-,18?,19-/m1/s1. The molecule has 0 aliphatic carbocycles. The number of nitrogens with zero attached hydrogens (tertiary/aromatic N) is 1. The Balaban J connectivity index is 1.78. The SMILES string of the molecule is CCSSC(C)c1ccccc1C(=O)OC1C[C@H](n2cc(C)c(=O)[nH]c2=O)O[C@@H]1CC. The number of rotatable bonds is 8. The molecule has 0 radical (unpaired) electrons. The Morgan fingerprint density at radius 2 is 2.06 bits per heavy atom. The van der Waals surface area contributed by atoms with Gasteiger partial charge in [-0.3, -0.25) is 14.3 Å². The molecule has 0 bridgehead atoms. The molecule has 2 unspecified atom stereocenters. The van der Waals surface area contributed by atoms with Crippen molar-refractivity contribution in [3.05, 3.63) is 68.0 Å². The zero-order chi connectivity index (χ0) is 22.5. The Morgan fingerprint density at radius 3 is 2.77 bits per heavy atom. The lowest BCUT2D eigenvalue weighted by Crippen LogP contribution is -2.33. The molecule has 7 nitrogen and oxygen atoms in total. The number of carbonyl (C=O) groups is 1. The van der Waals surface area contributed by atoms with E-state index in [9.17, 15) is 14.4 Å². The molecule has 1 aromatic heterocycles. The quantitative estimate of drug-likeness (QED) is 0.462. The molecule has 9 heteroatoms. The van der Waals surface area contributed by atoms with Crippen molar-refractivity contribution in [1.82, 2.24) is 9.55 Å². The lowest BCUT2D eigenvalue weighted by atomic mass is 10.0. The summed E-state index contributed by atoms with van der Waals surface area (Å²) < 4.78 is 13.2. The number of ether oxygens (including phenoxy) is 2. The molecule has 1 aromatic carbocycles. The van der Waals surface area contributed by atoms with Crippen LogP contribution in [0.4, 0.5) is 0 Å². The van der Waals surface area contributed by atoms with E-state index < -0.39 is 23.6 Å². The van der Waals surface area contributed by atoms with Crippen molar-refractivity contribution in [2.75, 3.05) is 5.75 Å². The fourth-order valence-electron chi connectivity index (χ4n) is 3.62.